The maximum atomic E-state index is 7.60. The third-order valence-electron chi connectivity index (χ3n) is 6.38. The summed E-state index contributed by atoms with van der Waals surface area (Å²) in [5.74, 6) is 0.805. The van der Waals surface area contributed by atoms with E-state index in [2.05, 4.69) is 16.0 Å². The van der Waals surface area contributed by atoms with Gasteiger partial charge in [0.1, 0.15) is 11.4 Å². The van der Waals surface area contributed by atoms with Gasteiger partial charge in [-0.1, -0.05) is 36.4 Å². The number of imidazole rings is 1. The molecular weight excluding hydrogens is 649 g/mol. The van der Waals surface area contributed by atoms with Crippen LogP contribution in [0.3, 0.4) is 0 Å². The number of hydrogen-bond acceptors (Lipinski definition) is 4. The standard InChI is InChI=1S/C21H17N3O.C11H8N.Ir/c1-12-8-10-14-15-11-9-13(2)22-21(15)25-19(14)18(12)20-23-16-6-4-5-7-17(16)24(20)3;1-2-6-10(7-3-1)11-8-4-5-9-12-11;/h4-11H,1-3H3;1-6,8-9H;/q;-1;/i2D3;;. The molecule has 7 rings (SSSR count). The van der Waals surface area contributed by atoms with Crippen LogP contribution in [-0.2, 0) is 27.2 Å². The summed E-state index contributed by atoms with van der Waals surface area (Å²) in [4.78, 5) is 13.3. The molecule has 0 aliphatic carbocycles. The molecule has 1 radical (unpaired) electrons. The second kappa shape index (κ2) is 10.7. The van der Waals surface area contributed by atoms with Gasteiger partial charge in [-0.3, -0.25) is 0 Å². The summed E-state index contributed by atoms with van der Waals surface area (Å²) in [6.45, 7) is -0.258. The zero-order valence-electron chi connectivity index (χ0n) is 23.8. The average Bonchev–Trinajstić information content (AvgIpc) is 3.51. The molecule has 0 unspecified atom stereocenters. The monoisotopic (exact) mass is 677 g/mol. The van der Waals surface area contributed by atoms with Crippen LogP contribution >= 0.6 is 0 Å². The van der Waals surface area contributed by atoms with Crippen LogP contribution in [0.15, 0.2) is 102 Å². The summed E-state index contributed by atoms with van der Waals surface area (Å²) in [5.41, 5.74) is 6.91. The van der Waals surface area contributed by atoms with Crippen molar-refractivity contribution in [3.63, 3.8) is 0 Å². The molecule has 4 aromatic heterocycles. The zero-order valence-corrected chi connectivity index (χ0v) is 23.2. The Morgan fingerprint density at radius 3 is 2.45 bits per heavy atom. The number of para-hydroxylation sites is 2. The van der Waals surface area contributed by atoms with Gasteiger partial charge in [0.2, 0.25) is 5.71 Å². The van der Waals surface area contributed by atoms with E-state index in [0.29, 0.717) is 11.3 Å². The molecule has 0 N–H and O–H groups in total. The van der Waals surface area contributed by atoms with Crippen LogP contribution in [0.1, 0.15) is 15.4 Å². The van der Waals surface area contributed by atoms with Crippen LogP contribution in [0.5, 0.6) is 0 Å². The van der Waals surface area contributed by atoms with Gasteiger partial charge in [0.25, 0.3) is 0 Å². The predicted molar refractivity (Wildman–Crippen MR) is 149 cm³/mol. The van der Waals surface area contributed by atoms with Crippen LogP contribution in [0.25, 0.3) is 55.7 Å². The smallest absolute Gasteiger partial charge is 0.227 e. The fourth-order valence-corrected chi connectivity index (χ4v) is 4.54. The normalized spacial score (nSPS) is 12.3. The number of fused-ring (bicyclic) bond motifs is 4. The second-order valence-corrected chi connectivity index (χ2v) is 8.76. The molecular formula is C32H25IrN4O-. The minimum atomic E-state index is -2.27. The van der Waals surface area contributed by atoms with Gasteiger partial charge in [0.05, 0.1) is 16.6 Å². The van der Waals surface area contributed by atoms with E-state index in [9.17, 15) is 0 Å². The fraction of sp³-hybridized carbons (Fsp3) is 0.0938. The second-order valence-electron chi connectivity index (χ2n) is 8.76. The van der Waals surface area contributed by atoms with Crippen LogP contribution in [-0.4, -0.2) is 19.5 Å². The number of pyridine rings is 2. The Balaban J connectivity index is 0.000000218. The molecule has 0 aliphatic heterocycles. The summed E-state index contributed by atoms with van der Waals surface area (Å²) in [6, 6.07) is 32.1. The first kappa shape index (κ1) is 21.9. The van der Waals surface area contributed by atoms with E-state index in [4.69, 9.17) is 13.5 Å². The van der Waals surface area contributed by atoms with Crippen molar-refractivity contribution in [2.75, 3.05) is 0 Å². The molecule has 38 heavy (non-hydrogen) atoms. The topological polar surface area (TPSA) is 56.7 Å². The first-order valence-corrected chi connectivity index (χ1v) is 11.9. The average molecular weight is 677 g/mol. The summed E-state index contributed by atoms with van der Waals surface area (Å²) >= 11 is 0. The molecule has 0 spiro atoms. The van der Waals surface area contributed by atoms with Gasteiger partial charge in [0.15, 0.2) is 0 Å². The molecule has 189 valence electrons. The quantitative estimate of drug-likeness (QED) is 0.176. The molecule has 7 aromatic rings. The van der Waals surface area contributed by atoms with Crippen LogP contribution in [0.2, 0.25) is 0 Å². The number of rotatable bonds is 2. The van der Waals surface area contributed by atoms with Gasteiger partial charge in [-0.15, -0.1) is 35.9 Å². The third-order valence-corrected chi connectivity index (χ3v) is 6.38. The first-order valence-electron chi connectivity index (χ1n) is 13.4. The van der Waals surface area contributed by atoms with Crippen molar-refractivity contribution in [2.45, 2.75) is 13.8 Å². The van der Waals surface area contributed by atoms with Crippen LogP contribution in [0.4, 0.5) is 0 Å². The maximum absolute atomic E-state index is 7.60. The summed E-state index contributed by atoms with van der Waals surface area (Å²) in [5, 5.41) is 1.69. The fourth-order valence-electron chi connectivity index (χ4n) is 4.54. The Bertz CT molecular complexity index is 1930. The van der Waals surface area contributed by atoms with E-state index < -0.39 is 6.85 Å². The van der Waals surface area contributed by atoms with Gasteiger partial charge in [-0.05, 0) is 55.4 Å². The van der Waals surface area contributed by atoms with E-state index in [0.717, 1.165) is 50.0 Å². The molecule has 3 aromatic carbocycles. The van der Waals surface area contributed by atoms with Crippen molar-refractivity contribution in [3.05, 3.63) is 115 Å². The van der Waals surface area contributed by atoms with Crippen molar-refractivity contribution in [3.8, 4) is 22.6 Å². The van der Waals surface area contributed by atoms with Gasteiger partial charge < -0.3 is 14.0 Å². The molecule has 6 heteroatoms. The Morgan fingerprint density at radius 1 is 0.868 bits per heavy atom. The Hall–Kier alpha value is -4.12. The van der Waals surface area contributed by atoms with Gasteiger partial charge in [-0.25, -0.2) is 9.97 Å². The first-order chi connectivity index (χ1) is 19.3. The van der Waals surface area contributed by atoms with Crippen molar-refractivity contribution in [1.29, 1.82) is 0 Å². The third kappa shape index (κ3) is 4.65. The van der Waals surface area contributed by atoms with Crippen LogP contribution < -0.4 is 0 Å². The van der Waals surface area contributed by atoms with E-state index in [-0.39, 0.29) is 25.8 Å². The Labute approximate surface area is 238 Å². The zero-order chi connectivity index (χ0) is 27.9. The minimum Gasteiger partial charge on any atom is -0.437 e. The molecule has 0 bridgehead atoms. The molecule has 0 atom stereocenters. The molecule has 0 amide bonds. The molecule has 0 saturated heterocycles. The number of hydrogen-bond donors (Lipinski definition) is 0. The Morgan fingerprint density at radius 2 is 1.68 bits per heavy atom. The molecule has 0 fully saturated rings. The van der Waals surface area contributed by atoms with Crippen LogP contribution in [0, 0.1) is 19.8 Å². The molecule has 4 heterocycles. The number of aromatic nitrogens is 4. The number of benzene rings is 3. The summed E-state index contributed by atoms with van der Waals surface area (Å²) in [6.07, 6.45) is 1.79. The number of aryl methyl sites for hydroxylation is 3. The van der Waals surface area contributed by atoms with Crippen molar-refractivity contribution >= 4 is 33.1 Å². The molecule has 5 nitrogen and oxygen atoms in total. The van der Waals surface area contributed by atoms with Crippen molar-refractivity contribution < 1.29 is 28.6 Å². The number of furan rings is 1. The van der Waals surface area contributed by atoms with E-state index in [1.54, 1.807) is 18.3 Å². The molecule has 0 saturated carbocycles. The van der Waals surface area contributed by atoms with Crippen molar-refractivity contribution in [2.24, 2.45) is 7.05 Å². The summed E-state index contributed by atoms with van der Waals surface area (Å²) in [7, 11) is 1.98. The Kier molecular flexibility index (Phi) is 6.17. The van der Waals surface area contributed by atoms with Gasteiger partial charge >= 0.3 is 0 Å². The van der Waals surface area contributed by atoms with Gasteiger partial charge in [-0.2, -0.15) is 0 Å². The van der Waals surface area contributed by atoms with E-state index >= 15 is 0 Å². The predicted octanol–water partition coefficient (Wildman–Crippen LogP) is 7.70. The van der Waals surface area contributed by atoms with E-state index in [1.807, 2.05) is 97.4 Å². The van der Waals surface area contributed by atoms with Gasteiger partial charge in [0, 0.05) is 53.9 Å². The minimum absolute atomic E-state index is 0. The maximum Gasteiger partial charge on any atom is 0.227 e. The number of nitrogens with zero attached hydrogens (tertiary/aromatic N) is 4. The van der Waals surface area contributed by atoms with Crippen molar-refractivity contribution in [1.82, 2.24) is 19.5 Å². The van der Waals surface area contributed by atoms with E-state index in [1.165, 1.54) is 0 Å². The summed E-state index contributed by atoms with van der Waals surface area (Å²) < 4.78 is 30.9. The SMILES string of the molecule is [2H]C([2H])([2H])c1ccc2c(n1)oc1c(-c3nc4ccccc4n3C)c(C)ccc12.[Ir].[c-]1ccccc1-c1ccccn1. The largest absolute Gasteiger partial charge is 0.437 e. The molecule has 0 aliphatic rings.